The SMILES string of the molecule is CCCSCC12CCC(CC(=O)NC(CC)(CC)CO)(CC1)C2. The molecular formula is C19H35NO2S. The van der Waals surface area contributed by atoms with Crippen molar-refractivity contribution in [1.82, 2.24) is 5.32 Å². The fourth-order valence-corrected chi connectivity index (χ4v) is 5.95. The Hall–Kier alpha value is -0.220. The summed E-state index contributed by atoms with van der Waals surface area (Å²) in [5.74, 6) is 2.71. The number of carbonyl (C=O) groups excluding carboxylic acids is 1. The number of aliphatic hydroxyl groups excluding tert-OH is 1. The molecule has 4 heteroatoms. The first-order chi connectivity index (χ1) is 11.0. The number of thioether (sulfide) groups is 1. The highest BCUT2D eigenvalue weighted by atomic mass is 32.2. The van der Waals surface area contributed by atoms with Crippen LogP contribution in [0.2, 0.25) is 0 Å². The molecule has 0 heterocycles. The minimum Gasteiger partial charge on any atom is -0.394 e. The summed E-state index contributed by atoms with van der Waals surface area (Å²) in [4.78, 5) is 12.6. The second-order valence-corrected chi connectivity index (χ2v) is 9.21. The van der Waals surface area contributed by atoms with Gasteiger partial charge in [-0.1, -0.05) is 20.8 Å². The predicted octanol–water partition coefficient (Wildman–Crippen LogP) is 4.14. The first kappa shape index (κ1) is 19.1. The number of carbonyl (C=O) groups is 1. The van der Waals surface area contributed by atoms with E-state index in [4.69, 9.17) is 0 Å². The maximum atomic E-state index is 12.6. The van der Waals surface area contributed by atoms with Crippen molar-refractivity contribution in [2.24, 2.45) is 10.8 Å². The summed E-state index contributed by atoms with van der Waals surface area (Å²) in [5, 5.41) is 12.8. The Morgan fingerprint density at radius 2 is 1.74 bits per heavy atom. The Morgan fingerprint density at radius 1 is 1.13 bits per heavy atom. The number of hydrogen-bond acceptors (Lipinski definition) is 3. The van der Waals surface area contributed by atoms with Crippen LogP contribution in [-0.4, -0.2) is 34.7 Å². The van der Waals surface area contributed by atoms with Gasteiger partial charge in [-0.05, 0) is 73.7 Å². The number of aliphatic hydroxyl groups is 1. The smallest absolute Gasteiger partial charge is 0.221 e. The fraction of sp³-hybridized carbons (Fsp3) is 0.947. The van der Waals surface area contributed by atoms with Crippen LogP contribution in [0.15, 0.2) is 0 Å². The molecule has 2 fully saturated rings. The maximum absolute atomic E-state index is 12.6. The molecule has 2 saturated carbocycles. The molecule has 0 saturated heterocycles. The normalized spacial score (nSPS) is 29.9. The van der Waals surface area contributed by atoms with Gasteiger partial charge in [0.05, 0.1) is 12.1 Å². The number of rotatable bonds is 10. The van der Waals surface area contributed by atoms with E-state index in [-0.39, 0.29) is 17.9 Å². The molecular weight excluding hydrogens is 306 g/mol. The first-order valence-electron chi connectivity index (χ1n) is 9.46. The van der Waals surface area contributed by atoms with Crippen molar-refractivity contribution >= 4 is 17.7 Å². The van der Waals surface area contributed by atoms with E-state index >= 15 is 0 Å². The highest BCUT2D eigenvalue weighted by Gasteiger charge is 2.54. The summed E-state index contributed by atoms with van der Waals surface area (Å²) < 4.78 is 0. The van der Waals surface area contributed by atoms with Gasteiger partial charge >= 0.3 is 0 Å². The van der Waals surface area contributed by atoms with Crippen molar-refractivity contribution in [3.05, 3.63) is 0 Å². The molecule has 23 heavy (non-hydrogen) atoms. The van der Waals surface area contributed by atoms with E-state index in [1.165, 1.54) is 50.0 Å². The van der Waals surface area contributed by atoms with Crippen LogP contribution in [-0.2, 0) is 4.79 Å². The fourth-order valence-electron chi connectivity index (χ4n) is 4.70. The molecule has 0 aliphatic heterocycles. The molecule has 2 bridgehead atoms. The second-order valence-electron chi connectivity index (χ2n) is 8.10. The zero-order valence-corrected chi connectivity index (χ0v) is 16.1. The Labute approximate surface area is 146 Å². The van der Waals surface area contributed by atoms with Gasteiger partial charge < -0.3 is 10.4 Å². The summed E-state index contributed by atoms with van der Waals surface area (Å²) in [5.41, 5.74) is 0.349. The lowest BCUT2D eigenvalue weighted by atomic mass is 9.80. The van der Waals surface area contributed by atoms with Crippen molar-refractivity contribution in [3.63, 3.8) is 0 Å². The van der Waals surface area contributed by atoms with Crippen LogP contribution >= 0.6 is 11.8 Å². The van der Waals surface area contributed by atoms with Crippen LogP contribution in [0.1, 0.15) is 78.6 Å². The van der Waals surface area contributed by atoms with Crippen molar-refractivity contribution in [2.45, 2.75) is 84.1 Å². The lowest BCUT2D eigenvalue weighted by Gasteiger charge is -2.33. The van der Waals surface area contributed by atoms with Gasteiger partial charge in [0.2, 0.25) is 5.91 Å². The topological polar surface area (TPSA) is 49.3 Å². The van der Waals surface area contributed by atoms with Crippen molar-refractivity contribution in [1.29, 1.82) is 0 Å². The molecule has 2 aliphatic carbocycles. The van der Waals surface area contributed by atoms with Crippen molar-refractivity contribution < 1.29 is 9.90 Å². The van der Waals surface area contributed by atoms with Crippen LogP contribution < -0.4 is 5.32 Å². The Bertz CT molecular complexity index is 390. The molecule has 0 radical (unpaired) electrons. The molecule has 0 spiro atoms. The average molecular weight is 342 g/mol. The molecule has 2 aliphatic rings. The van der Waals surface area contributed by atoms with Crippen molar-refractivity contribution in [3.8, 4) is 0 Å². The van der Waals surface area contributed by atoms with Crippen LogP contribution in [0, 0.1) is 10.8 Å². The zero-order valence-electron chi connectivity index (χ0n) is 15.2. The Morgan fingerprint density at radius 3 is 2.26 bits per heavy atom. The third kappa shape index (κ3) is 4.25. The quantitative estimate of drug-likeness (QED) is 0.587. The van der Waals surface area contributed by atoms with E-state index in [0.717, 1.165) is 12.8 Å². The van der Waals surface area contributed by atoms with E-state index in [9.17, 15) is 9.90 Å². The van der Waals surface area contributed by atoms with Crippen LogP contribution in [0.25, 0.3) is 0 Å². The number of fused-ring (bicyclic) bond motifs is 2. The Balaban J connectivity index is 1.90. The van der Waals surface area contributed by atoms with E-state index in [1.807, 2.05) is 13.8 Å². The summed E-state index contributed by atoms with van der Waals surface area (Å²) >= 11 is 2.11. The number of amides is 1. The average Bonchev–Trinajstić information content (AvgIpc) is 3.08. The van der Waals surface area contributed by atoms with Gasteiger partial charge in [-0.15, -0.1) is 0 Å². The van der Waals surface area contributed by atoms with Crippen LogP contribution in [0.4, 0.5) is 0 Å². The van der Waals surface area contributed by atoms with Crippen LogP contribution in [0.3, 0.4) is 0 Å². The molecule has 2 rings (SSSR count). The molecule has 0 aromatic carbocycles. The highest BCUT2D eigenvalue weighted by Crippen LogP contribution is 2.63. The van der Waals surface area contributed by atoms with E-state index < -0.39 is 5.54 Å². The minimum absolute atomic E-state index is 0.0380. The second kappa shape index (κ2) is 7.77. The first-order valence-corrected chi connectivity index (χ1v) is 10.6. The highest BCUT2D eigenvalue weighted by molar-refractivity contribution is 7.99. The van der Waals surface area contributed by atoms with E-state index in [0.29, 0.717) is 11.8 Å². The van der Waals surface area contributed by atoms with Gasteiger partial charge in [0.15, 0.2) is 0 Å². The lowest BCUT2D eigenvalue weighted by molar-refractivity contribution is -0.126. The molecule has 1 amide bonds. The van der Waals surface area contributed by atoms with Gasteiger partial charge in [0, 0.05) is 6.42 Å². The summed E-state index contributed by atoms with van der Waals surface area (Å²) in [6.45, 7) is 6.37. The maximum Gasteiger partial charge on any atom is 0.221 e. The number of nitrogens with one attached hydrogen (secondary N) is 1. The predicted molar refractivity (Wildman–Crippen MR) is 98.7 cm³/mol. The van der Waals surface area contributed by atoms with Gasteiger partial charge in [-0.25, -0.2) is 0 Å². The summed E-state index contributed by atoms with van der Waals surface area (Å²) in [6.07, 6.45) is 9.80. The van der Waals surface area contributed by atoms with Gasteiger partial charge in [-0.2, -0.15) is 11.8 Å². The Kier molecular flexibility index (Phi) is 6.46. The molecule has 134 valence electrons. The van der Waals surface area contributed by atoms with Gasteiger partial charge in [0.1, 0.15) is 0 Å². The summed E-state index contributed by atoms with van der Waals surface area (Å²) in [7, 11) is 0. The molecule has 0 atom stereocenters. The lowest BCUT2D eigenvalue weighted by Crippen LogP contribution is -2.51. The molecule has 3 nitrogen and oxygen atoms in total. The third-order valence-electron chi connectivity index (χ3n) is 6.47. The summed E-state index contributed by atoms with van der Waals surface area (Å²) in [6, 6.07) is 0. The zero-order chi connectivity index (χ0) is 17.0. The van der Waals surface area contributed by atoms with Crippen molar-refractivity contribution in [2.75, 3.05) is 18.1 Å². The number of hydrogen-bond donors (Lipinski definition) is 2. The molecule has 0 aromatic rings. The van der Waals surface area contributed by atoms with Gasteiger partial charge in [0.25, 0.3) is 0 Å². The third-order valence-corrected chi connectivity index (χ3v) is 7.99. The van der Waals surface area contributed by atoms with Gasteiger partial charge in [-0.3, -0.25) is 4.79 Å². The molecule has 0 aromatic heterocycles. The molecule has 0 unspecified atom stereocenters. The molecule has 2 N–H and O–H groups in total. The monoisotopic (exact) mass is 341 g/mol. The standard InChI is InChI=1S/C19H35NO2S/c1-4-11-23-15-18-9-7-17(13-18,8-10-18)12-16(22)20-19(5-2,6-3)14-21/h21H,4-15H2,1-3H3,(H,20,22). The van der Waals surface area contributed by atoms with E-state index in [1.54, 1.807) is 0 Å². The minimum atomic E-state index is -0.418. The largest absolute Gasteiger partial charge is 0.394 e. The van der Waals surface area contributed by atoms with E-state index in [2.05, 4.69) is 24.0 Å². The van der Waals surface area contributed by atoms with Crippen LogP contribution in [0.5, 0.6) is 0 Å².